The zero-order chi connectivity index (χ0) is 32.2. The standard InChI is InChI=1S/C32H42N6O4S2Si/c1-22(44-43-7)41-26-18-28(38-29-25(19-34-38)30(39)36-31(35-29)33-21-37(5)6)42-27(26)20-40-45(32(2,3)4,23-14-10-8-11-15-23)24-16-12-9-13-17-24/h8-17,19,21-22,26-28H,18,20H2,1-7H3,(H,35,36,39)/t22-,26+,27+,28+/m0/s1. The van der Waals surface area contributed by atoms with Crippen LogP contribution in [0.5, 0.6) is 0 Å². The number of ether oxygens (including phenoxy) is 2. The van der Waals surface area contributed by atoms with Crippen LogP contribution in [-0.4, -0.2) is 83.9 Å². The third kappa shape index (κ3) is 7.23. The van der Waals surface area contributed by atoms with Crippen molar-refractivity contribution in [1.82, 2.24) is 24.6 Å². The molecule has 1 aliphatic rings. The summed E-state index contributed by atoms with van der Waals surface area (Å²) in [6.45, 7) is 9.17. The van der Waals surface area contributed by atoms with Crippen molar-refractivity contribution in [2.75, 3.05) is 27.0 Å². The van der Waals surface area contributed by atoms with E-state index in [2.05, 4.69) is 89.4 Å². The molecule has 2 aromatic carbocycles. The summed E-state index contributed by atoms with van der Waals surface area (Å²) in [6.07, 6.45) is 4.52. The zero-order valence-corrected chi connectivity index (χ0v) is 29.5. The Labute approximate surface area is 273 Å². The molecule has 4 atom stereocenters. The monoisotopic (exact) mass is 666 g/mol. The second kappa shape index (κ2) is 14.2. The number of hydrogen-bond acceptors (Lipinski definition) is 9. The maximum Gasteiger partial charge on any atom is 0.263 e. The molecule has 0 aliphatic carbocycles. The van der Waals surface area contributed by atoms with E-state index in [1.807, 2.05) is 39.4 Å². The molecular formula is C32H42N6O4S2Si. The SMILES string of the molecule is CSS[C@@H](C)O[C@@H]1C[C@H](n2ncc3c(=O)[nH]c(N=CN(C)C)nc32)O[C@@H]1CO[Si](c1ccccc1)(c1ccccc1)C(C)(C)C. The number of nitrogens with zero attached hydrogens (tertiary/aromatic N) is 5. The van der Waals surface area contributed by atoms with Crippen LogP contribution in [0.2, 0.25) is 5.04 Å². The highest BCUT2D eigenvalue weighted by molar-refractivity contribution is 8.76. The Hall–Kier alpha value is -2.94. The second-order valence-corrected chi connectivity index (χ2v) is 19.3. The number of benzene rings is 2. The topological polar surface area (TPSA) is 107 Å². The number of H-pyrrole nitrogens is 1. The van der Waals surface area contributed by atoms with E-state index in [0.717, 1.165) is 0 Å². The van der Waals surface area contributed by atoms with Gasteiger partial charge < -0.3 is 18.8 Å². The van der Waals surface area contributed by atoms with Gasteiger partial charge in [-0.25, -0.2) is 9.67 Å². The van der Waals surface area contributed by atoms with E-state index in [4.69, 9.17) is 13.9 Å². The first-order chi connectivity index (χ1) is 21.5. The fourth-order valence-corrected chi connectivity index (χ4v) is 11.9. The van der Waals surface area contributed by atoms with E-state index in [1.165, 1.54) is 16.6 Å². The van der Waals surface area contributed by atoms with E-state index in [1.54, 1.807) is 37.5 Å². The summed E-state index contributed by atoms with van der Waals surface area (Å²) < 4.78 is 22.2. The van der Waals surface area contributed by atoms with Crippen molar-refractivity contribution in [2.24, 2.45) is 4.99 Å². The third-order valence-corrected chi connectivity index (χ3v) is 14.8. The molecule has 240 valence electrons. The molecule has 5 rings (SSSR count). The zero-order valence-electron chi connectivity index (χ0n) is 26.8. The van der Waals surface area contributed by atoms with Gasteiger partial charge >= 0.3 is 0 Å². The largest absolute Gasteiger partial charge is 0.405 e. The van der Waals surface area contributed by atoms with Crippen molar-refractivity contribution in [2.45, 2.75) is 63.0 Å². The molecule has 1 saturated heterocycles. The second-order valence-electron chi connectivity index (χ2n) is 12.3. The molecule has 4 aromatic rings. The molecule has 3 heterocycles. The van der Waals surface area contributed by atoms with Crippen LogP contribution in [-0.2, 0) is 13.9 Å². The third-order valence-electron chi connectivity index (χ3n) is 7.79. The number of hydrogen-bond donors (Lipinski definition) is 1. The minimum atomic E-state index is -2.81. The Balaban J connectivity index is 1.50. The van der Waals surface area contributed by atoms with Crippen LogP contribution >= 0.6 is 21.6 Å². The number of nitrogens with one attached hydrogen (secondary N) is 1. The van der Waals surface area contributed by atoms with Gasteiger partial charge in [0.05, 0.1) is 25.2 Å². The Morgan fingerprint density at radius 2 is 1.80 bits per heavy atom. The summed E-state index contributed by atoms with van der Waals surface area (Å²) in [5.41, 5.74) is 0.0398. The molecule has 1 N–H and O–H groups in total. The molecule has 1 aliphatic heterocycles. The van der Waals surface area contributed by atoms with Gasteiger partial charge in [-0.1, -0.05) is 103 Å². The van der Waals surface area contributed by atoms with Crippen molar-refractivity contribution in [1.29, 1.82) is 0 Å². The summed E-state index contributed by atoms with van der Waals surface area (Å²) in [7, 11) is 4.21. The van der Waals surface area contributed by atoms with Gasteiger partial charge in [0.25, 0.3) is 13.9 Å². The molecule has 2 aromatic heterocycles. The maximum absolute atomic E-state index is 12.9. The molecular weight excluding hydrogens is 625 g/mol. The van der Waals surface area contributed by atoms with Gasteiger partial charge in [-0.3, -0.25) is 9.78 Å². The van der Waals surface area contributed by atoms with Crippen LogP contribution < -0.4 is 15.9 Å². The summed E-state index contributed by atoms with van der Waals surface area (Å²) in [5, 5.41) is 7.15. The van der Waals surface area contributed by atoms with Gasteiger partial charge in [-0.15, -0.1) is 0 Å². The highest BCUT2D eigenvalue weighted by Gasteiger charge is 2.51. The van der Waals surface area contributed by atoms with Gasteiger partial charge in [0.15, 0.2) is 11.9 Å². The van der Waals surface area contributed by atoms with Gasteiger partial charge in [-0.05, 0) is 28.6 Å². The van der Waals surface area contributed by atoms with Gasteiger partial charge in [0.2, 0.25) is 5.95 Å². The fraction of sp³-hybridized carbons (Fsp3) is 0.438. The highest BCUT2D eigenvalue weighted by atomic mass is 33.1. The predicted octanol–water partition coefficient (Wildman–Crippen LogP) is 4.95. The van der Waals surface area contributed by atoms with E-state index in [-0.39, 0.29) is 34.2 Å². The first-order valence-electron chi connectivity index (χ1n) is 15.0. The average Bonchev–Trinajstić information content (AvgIpc) is 3.61. The summed E-state index contributed by atoms with van der Waals surface area (Å²) in [4.78, 5) is 26.3. The molecule has 0 bridgehead atoms. The molecule has 10 nitrogen and oxygen atoms in total. The molecule has 45 heavy (non-hydrogen) atoms. The molecule has 0 saturated carbocycles. The lowest BCUT2D eigenvalue weighted by molar-refractivity contribution is -0.0623. The first kappa shape index (κ1) is 33.4. The quantitative estimate of drug-likeness (QED) is 0.0740. The van der Waals surface area contributed by atoms with E-state index in [0.29, 0.717) is 24.1 Å². The highest BCUT2D eigenvalue weighted by Crippen LogP contribution is 2.39. The molecule has 0 amide bonds. The van der Waals surface area contributed by atoms with Crippen LogP contribution in [0.25, 0.3) is 11.0 Å². The number of rotatable bonds is 12. The minimum absolute atomic E-state index is 0.0648. The number of aromatic nitrogens is 4. The lowest BCUT2D eigenvalue weighted by atomic mass is 10.2. The van der Waals surface area contributed by atoms with Gasteiger partial charge in [-0.2, -0.15) is 10.1 Å². The lowest BCUT2D eigenvalue weighted by Gasteiger charge is -2.43. The van der Waals surface area contributed by atoms with Crippen LogP contribution in [0.4, 0.5) is 5.95 Å². The summed E-state index contributed by atoms with van der Waals surface area (Å²) >= 11 is 0. The number of fused-ring (bicyclic) bond motifs is 1. The van der Waals surface area contributed by atoms with Crippen molar-refractivity contribution in [3.63, 3.8) is 0 Å². The van der Waals surface area contributed by atoms with E-state index in [9.17, 15) is 4.79 Å². The van der Waals surface area contributed by atoms with Crippen LogP contribution in [0, 0.1) is 0 Å². The Morgan fingerprint density at radius 1 is 1.16 bits per heavy atom. The van der Waals surface area contributed by atoms with Gasteiger partial charge in [0.1, 0.15) is 16.9 Å². The summed E-state index contributed by atoms with van der Waals surface area (Å²) in [6, 6.07) is 21.1. The van der Waals surface area contributed by atoms with E-state index >= 15 is 0 Å². The Bertz CT molecular complexity index is 1600. The predicted molar refractivity (Wildman–Crippen MR) is 188 cm³/mol. The molecule has 1 fully saturated rings. The number of aliphatic imine (C=N–C) groups is 1. The van der Waals surface area contributed by atoms with Crippen LogP contribution in [0.3, 0.4) is 0 Å². The molecule has 0 radical (unpaired) electrons. The minimum Gasteiger partial charge on any atom is -0.405 e. The molecule has 0 spiro atoms. The van der Waals surface area contributed by atoms with Crippen molar-refractivity contribution in [3.8, 4) is 0 Å². The van der Waals surface area contributed by atoms with E-state index < -0.39 is 14.5 Å². The molecule has 13 heteroatoms. The van der Waals surface area contributed by atoms with Gasteiger partial charge in [0, 0.05) is 20.5 Å². The number of aromatic amines is 1. The Kier molecular flexibility index (Phi) is 10.6. The summed E-state index contributed by atoms with van der Waals surface area (Å²) in [5.74, 6) is 0.199. The van der Waals surface area contributed by atoms with Crippen molar-refractivity contribution in [3.05, 3.63) is 77.2 Å². The maximum atomic E-state index is 12.9. The first-order valence-corrected chi connectivity index (χ1v) is 19.5. The fourth-order valence-electron chi connectivity index (χ4n) is 5.88. The Morgan fingerprint density at radius 3 is 2.38 bits per heavy atom. The normalized spacial score (nSPS) is 19.8. The smallest absolute Gasteiger partial charge is 0.263 e. The van der Waals surface area contributed by atoms with Crippen molar-refractivity contribution < 1.29 is 13.9 Å². The van der Waals surface area contributed by atoms with Crippen molar-refractivity contribution >= 4 is 63.6 Å². The average molecular weight is 667 g/mol. The lowest BCUT2D eigenvalue weighted by Crippen LogP contribution is -2.67. The molecule has 0 unspecified atom stereocenters. The van der Waals surface area contributed by atoms with Crippen LogP contribution in [0.1, 0.15) is 40.3 Å². The van der Waals surface area contributed by atoms with Crippen LogP contribution in [0.15, 0.2) is 76.6 Å².